The Hall–Kier alpha value is -1.49. The average Bonchev–Trinajstić information content (AvgIpc) is 2.41. The molecule has 1 N–H and O–H groups in total. The zero-order valence-corrected chi connectivity index (χ0v) is 10.8. The Balaban J connectivity index is 1.94. The van der Waals surface area contributed by atoms with E-state index in [1.807, 2.05) is 17.0 Å². The van der Waals surface area contributed by atoms with Gasteiger partial charge in [-0.25, -0.2) is 0 Å². The molecule has 1 aliphatic heterocycles. The summed E-state index contributed by atoms with van der Waals surface area (Å²) in [7, 11) is 0. The molecule has 5 nitrogen and oxygen atoms in total. The van der Waals surface area contributed by atoms with Gasteiger partial charge in [-0.05, 0) is 37.9 Å². The molecular weight excluding hydrogens is 228 g/mol. The average molecular weight is 248 g/mol. The summed E-state index contributed by atoms with van der Waals surface area (Å²) in [6.07, 6.45) is 4.68. The number of hydrogen-bond donors (Lipinski definition) is 1. The van der Waals surface area contributed by atoms with Crippen molar-refractivity contribution in [3.63, 3.8) is 0 Å². The third kappa shape index (κ3) is 3.26. The summed E-state index contributed by atoms with van der Waals surface area (Å²) in [5.74, 6) is 0.195. The number of carbonyl (C=O) groups excluding carboxylic acids is 1. The van der Waals surface area contributed by atoms with Crippen molar-refractivity contribution in [2.24, 2.45) is 0 Å². The van der Waals surface area contributed by atoms with Crippen LogP contribution < -0.4 is 5.32 Å². The number of hydrogen-bond acceptors (Lipinski definition) is 4. The van der Waals surface area contributed by atoms with Gasteiger partial charge >= 0.3 is 0 Å². The van der Waals surface area contributed by atoms with Crippen LogP contribution >= 0.6 is 0 Å². The number of rotatable bonds is 5. The van der Waals surface area contributed by atoms with E-state index < -0.39 is 0 Å². The zero-order valence-electron chi connectivity index (χ0n) is 10.8. The molecule has 0 aromatic carbocycles. The number of nitrogens with one attached hydrogen (secondary N) is 1. The number of carbonyl (C=O) groups is 1. The fourth-order valence-electron chi connectivity index (χ4n) is 2.22. The lowest BCUT2D eigenvalue weighted by Crippen LogP contribution is -2.50. The van der Waals surface area contributed by atoms with E-state index in [-0.39, 0.29) is 11.9 Å². The zero-order chi connectivity index (χ0) is 12.8. The molecular formula is C13H20N4O. The van der Waals surface area contributed by atoms with E-state index in [2.05, 4.69) is 22.4 Å². The Morgan fingerprint density at radius 1 is 1.56 bits per heavy atom. The number of nitrogens with zero attached hydrogens (tertiary/aromatic N) is 3. The maximum absolute atomic E-state index is 12.3. The van der Waals surface area contributed by atoms with Crippen LogP contribution in [0.25, 0.3) is 0 Å². The summed E-state index contributed by atoms with van der Waals surface area (Å²) in [6.45, 7) is 4.39. The fourth-order valence-corrected chi connectivity index (χ4v) is 2.22. The van der Waals surface area contributed by atoms with Crippen LogP contribution in [0.3, 0.4) is 0 Å². The van der Waals surface area contributed by atoms with Gasteiger partial charge in [-0.2, -0.15) is 10.2 Å². The Labute approximate surface area is 108 Å². The minimum absolute atomic E-state index is 0.0182. The monoisotopic (exact) mass is 248 g/mol. The number of likely N-dealkylation sites (tertiary alicyclic amines) is 1. The van der Waals surface area contributed by atoms with Gasteiger partial charge in [-0.15, -0.1) is 0 Å². The van der Waals surface area contributed by atoms with E-state index in [9.17, 15) is 4.79 Å². The molecule has 1 saturated heterocycles. The second-order valence-corrected chi connectivity index (χ2v) is 4.62. The van der Waals surface area contributed by atoms with Gasteiger partial charge < -0.3 is 10.2 Å². The Morgan fingerprint density at radius 2 is 2.44 bits per heavy atom. The molecule has 0 saturated carbocycles. The predicted octanol–water partition coefficient (Wildman–Crippen LogP) is 0.967. The molecule has 0 aliphatic carbocycles. The molecule has 0 radical (unpaired) electrons. The van der Waals surface area contributed by atoms with Gasteiger partial charge in [0.15, 0.2) is 0 Å². The maximum Gasteiger partial charge on any atom is 0.240 e. The van der Waals surface area contributed by atoms with E-state index in [1.54, 1.807) is 6.20 Å². The normalized spacial score (nSPS) is 20.2. The third-order valence-corrected chi connectivity index (χ3v) is 3.15. The van der Waals surface area contributed by atoms with Crippen molar-refractivity contribution < 1.29 is 4.79 Å². The van der Waals surface area contributed by atoms with Crippen LogP contribution in [0.1, 0.15) is 31.9 Å². The highest BCUT2D eigenvalue weighted by atomic mass is 16.2. The lowest BCUT2D eigenvalue weighted by atomic mass is 10.0. The largest absolute Gasteiger partial charge is 0.335 e. The first-order valence-electron chi connectivity index (χ1n) is 6.60. The van der Waals surface area contributed by atoms with E-state index >= 15 is 0 Å². The van der Waals surface area contributed by atoms with Crippen molar-refractivity contribution in [1.29, 1.82) is 0 Å². The van der Waals surface area contributed by atoms with Crippen LogP contribution in [0.2, 0.25) is 0 Å². The highest BCUT2D eigenvalue weighted by Crippen LogP contribution is 2.14. The van der Waals surface area contributed by atoms with Crippen LogP contribution in [0, 0.1) is 0 Å². The lowest BCUT2D eigenvalue weighted by Gasteiger charge is -2.32. The molecule has 1 atom stereocenters. The van der Waals surface area contributed by atoms with Gasteiger partial charge in [0.1, 0.15) is 0 Å². The molecule has 2 rings (SSSR count). The second-order valence-electron chi connectivity index (χ2n) is 4.62. The summed E-state index contributed by atoms with van der Waals surface area (Å²) in [5, 5.41) is 11.2. The van der Waals surface area contributed by atoms with Crippen LogP contribution in [-0.4, -0.2) is 40.1 Å². The highest BCUT2D eigenvalue weighted by Gasteiger charge is 2.28. The lowest BCUT2D eigenvalue weighted by molar-refractivity contribution is -0.136. The van der Waals surface area contributed by atoms with E-state index in [4.69, 9.17) is 0 Å². The van der Waals surface area contributed by atoms with Crippen molar-refractivity contribution in [3.05, 3.63) is 24.0 Å². The summed E-state index contributed by atoms with van der Waals surface area (Å²) in [5.41, 5.74) is 0.849. The molecule has 1 fully saturated rings. The van der Waals surface area contributed by atoms with Crippen molar-refractivity contribution in [3.8, 4) is 0 Å². The van der Waals surface area contributed by atoms with Crippen molar-refractivity contribution >= 4 is 5.91 Å². The quantitative estimate of drug-likeness (QED) is 0.843. The third-order valence-electron chi connectivity index (χ3n) is 3.15. The van der Waals surface area contributed by atoms with Crippen molar-refractivity contribution in [2.45, 2.75) is 38.8 Å². The standard InChI is InChI=1S/C13H20N4O/c1-2-7-14-12-6-4-9-17(13(12)18)10-11-5-3-8-15-16-11/h3,5,8,12,14H,2,4,6-7,9-10H2,1H3. The topological polar surface area (TPSA) is 58.1 Å². The van der Waals surface area contributed by atoms with Crippen LogP contribution in [-0.2, 0) is 11.3 Å². The van der Waals surface area contributed by atoms with Gasteiger partial charge in [0.25, 0.3) is 0 Å². The summed E-state index contributed by atoms with van der Waals surface area (Å²) in [6, 6.07) is 3.74. The smallest absolute Gasteiger partial charge is 0.240 e. The molecule has 1 aromatic heterocycles. The molecule has 1 amide bonds. The molecule has 0 spiro atoms. The molecule has 18 heavy (non-hydrogen) atoms. The molecule has 1 unspecified atom stereocenters. The van der Waals surface area contributed by atoms with Crippen LogP contribution in [0.15, 0.2) is 18.3 Å². The number of piperidine rings is 1. The van der Waals surface area contributed by atoms with Gasteiger partial charge in [0, 0.05) is 12.7 Å². The van der Waals surface area contributed by atoms with Crippen LogP contribution in [0.5, 0.6) is 0 Å². The number of aromatic nitrogens is 2. The predicted molar refractivity (Wildman–Crippen MR) is 68.8 cm³/mol. The Morgan fingerprint density at radius 3 is 3.17 bits per heavy atom. The molecule has 0 bridgehead atoms. The van der Waals surface area contributed by atoms with Gasteiger partial charge in [0.2, 0.25) is 5.91 Å². The first kappa shape index (κ1) is 13.0. The minimum Gasteiger partial charge on any atom is -0.335 e. The van der Waals surface area contributed by atoms with Crippen molar-refractivity contribution in [1.82, 2.24) is 20.4 Å². The maximum atomic E-state index is 12.3. The Kier molecular flexibility index (Phi) is 4.64. The SMILES string of the molecule is CCCNC1CCCN(Cc2cccnn2)C1=O. The first-order valence-corrected chi connectivity index (χ1v) is 6.60. The molecule has 1 aromatic rings. The molecule has 5 heteroatoms. The molecule has 98 valence electrons. The van der Waals surface area contributed by atoms with Crippen LogP contribution in [0.4, 0.5) is 0 Å². The summed E-state index contributed by atoms with van der Waals surface area (Å²) >= 11 is 0. The minimum atomic E-state index is -0.0182. The fraction of sp³-hybridized carbons (Fsp3) is 0.615. The Bertz CT molecular complexity index is 382. The van der Waals surface area contributed by atoms with E-state index in [0.717, 1.165) is 38.0 Å². The summed E-state index contributed by atoms with van der Waals surface area (Å²) in [4.78, 5) is 14.1. The first-order chi connectivity index (χ1) is 8.81. The van der Waals surface area contributed by atoms with Gasteiger partial charge in [0.05, 0.1) is 18.3 Å². The number of amides is 1. The molecule has 2 heterocycles. The van der Waals surface area contributed by atoms with Gasteiger partial charge in [-0.3, -0.25) is 4.79 Å². The van der Waals surface area contributed by atoms with E-state index in [0.29, 0.717) is 6.54 Å². The van der Waals surface area contributed by atoms with Crippen molar-refractivity contribution in [2.75, 3.05) is 13.1 Å². The highest BCUT2D eigenvalue weighted by molar-refractivity contribution is 5.82. The van der Waals surface area contributed by atoms with Gasteiger partial charge in [-0.1, -0.05) is 6.92 Å². The van der Waals surface area contributed by atoms with E-state index in [1.165, 1.54) is 0 Å². The second kappa shape index (κ2) is 6.44. The molecule has 1 aliphatic rings. The summed E-state index contributed by atoms with van der Waals surface area (Å²) < 4.78 is 0.